The Morgan fingerprint density at radius 3 is 2.61 bits per heavy atom. The standard InChI is InChI=1S/C20H19N3O4S/c24-19(14-11-13(14)18-4-2-10-28-18)22-5-7-23(8-6-22)20(25)15-12-17(27-21-15)16-3-1-9-26-16/h1-4,9-10,12-14H,5-8,11H2/t13-,14-/m0/s1. The van der Waals surface area contributed by atoms with E-state index in [1.165, 1.54) is 4.88 Å². The Kier molecular flexibility index (Phi) is 4.27. The van der Waals surface area contributed by atoms with Crippen LogP contribution in [-0.2, 0) is 4.79 Å². The van der Waals surface area contributed by atoms with Crippen LogP contribution in [0.15, 0.2) is 50.9 Å². The molecule has 8 heteroatoms. The zero-order chi connectivity index (χ0) is 19.1. The molecule has 1 aliphatic heterocycles. The number of carbonyl (C=O) groups is 2. The van der Waals surface area contributed by atoms with Crippen molar-refractivity contribution in [1.29, 1.82) is 0 Å². The minimum atomic E-state index is -0.184. The predicted octanol–water partition coefficient (Wildman–Crippen LogP) is 3.08. The molecule has 2 amide bonds. The van der Waals surface area contributed by atoms with Gasteiger partial charge < -0.3 is 18.7 Å². The second kappa shape index (κ2) is 6.94. The van der Waals surface area contributed by atoms with Gasteiger partial charge in [0.1, 0.15) is 0 Å². The van der Waals surface area contributed by atoms with E-state index in [0.717, 1.165) is 6.42 Å². The van der Waals surface area contributed by atoms with Gasteiger partial charge in [0.15, 0.2) is 11.5 Å². The predicted molar refractivity (Wildman–Crippen MR) is 102 cm³/mol. The summed E-state index contributed by atoms with van der Waals surface area (Å²) in [7, 11) is 0. The molecular formula is C20H19N3O4S. The van der Waals surface area contributed by atoms with Crippen LogP contribution in [-0.4, -0.2) is 52.9 Å². The topological polar surface area (TPSA) is 79.8 Å². The number of carbonyl (C=O) groups excluding carboxylic acids is 2. The molecule has 0 unspecified atom stereocenters. The molecule has 0 bridgehead atoms. The van der Waals surface area contributed by atoms with Crippen molar-refractivity contribution in [2.45, 2.75) is 12.3 Å². The third-order valence-corrected chi connectivity index (χ3v) is 6.39. The normalized spacial score (nSPS) is 21.7. The fourth-order valence-electron chi connectivity index (χ4n) is 3.72. The van der Waals surface area contributed by atoms with Crippen LogP contribution >= 0.6 is 11.3 Å². The molecule has 0 radical (unpaired) electrons. The summed E-state index contributed by atoms with van der Waals surface area (Å²) in [6, 6.07) is 9.23. The van der Waals surface area contributed by atoms with Gasteiger partial charge in [0.05, 0.1) is 6.26 Å². The number of rotatable bonds is 4. The molecule has 0 aromatic carbocycles. The van der Waals surface area contributed by atoms with Crippen molar-refractivity contribution in [3.8, 4) is 11.5 Å². The number of aromatic nitrogens is 1. The van der Waals surface area contributed by atoms with Crippen molar-refractivity contribution >= 4 is 23.2 Å². The van der Waals surface area contributed by atoms with Crippen LogP contribution in [0.4, 0.5) is 0 Å². The zero-order valence-corrected chi connectivity index (χ0v) is 15.9. The van der Waals surface area contributed by atoms with E-state index < -0.39 is 0 Å². The van der Waals surface area contributed by atoms with Crippen molar-refractivity contribution in [2.75, 3.05) is 26.2 Å². The number of thiophene rings is 1. The molecule has 0 spiro atoms. The molecule has 28 heavy (non-hydrogen) atoms. The number of nitrogens with zero attached hydrogens (tertiary/aromatic N) is 3. The minimum Gasteiger partial charge on any atom is -0.461 e. The summed E-state index contributed by atoms with van der Waals surface area (Å²) in [6.45, 7) is 2.12. The summed E-state index contributed by atoms with van der Waals surface area (Å²) in [5.41, 5.74) is 0.256. The molecule has 1 saturated heterocycles. The van der Waals surface area contributed by atoms with Gasteiger partial charge in [-0.1, -0.05) is 11.2 Å². The maximum atomic E-state index is 12.7. The van der Waals surface area contributed by atoms with Crippen molar-refractivity contribution < 1.29 is 18.5 Å². The van der Waals surface area contributed by atoms with E-state index in [4.69, 9.17) is 8.94 Å². The second-order valence-electron chi connectivity index (χ2n) is 7.14. The summed E-state index contributed by atoms with van der Waals surface area (Å²) < 4.78 is 10.5. The summed E-state index contributed by atoms with van der Waals surface area (Å²) in [6.07, 6.45) is 2.48. The zero-order valence-electron chi connectivity index (χ0n) is 15.1. The van der Waals surface area contributed by atoms with E-state index >= 15 is 0 Å². The van der Waals surface area contributed by atoms with Crippen molar-refractivity contribution in [3.63, 3.8) is 0 Å². The van der Waals surface area contributed by atoms with E-state index in [-0.39, 0.29) is 23.4 Å². The van der Waals surface area contributed by atoms with Gasteiger partial charge in [0, 0.05) is 49.0 Å². The molecule has 144 valence electrons. The first-order chi connectivity index (χ1) is 13.7. The van der Waals surface area contributed by atoms with Gasteiger partial charge in [-0.15, -0.1) is 11.3 Å². The van der Waals surface area contributed by atoms with Gasteiger partial charge in [0.2, 0.25) is 11.7 Å². The summed E-state index contributed by atoms with van der Waals surface area (Å²) in [5.74, 6) is 1.47. The van der Waals surface area contributed by atoms with Gasteiger partial charge in [0.25, 0.3) is 5.91 Å². The van der Waals surface area contributed by atoms with Gasteiger partial charge in [-0.25, -0.2) is 0 Å². The van der Waals surface area contributed by atoms with Crippen LogP contribution in [0.1, 0.15) is 27.7 Å². The van der Waals surface area contributed by atoms with Crippen LogP contribution < -0.4 is 0 Å². The molecule has 3 aromatic rings. The Hall–Kier alpha value is -2.87. The number of piperazine rings is 1. The quantitative estimate of drug-likeness (QED) is 0.676. The highest BCUT2D eigenvalue weighted by Gasteiger charge is 2.46. The first-order valence-electron chi connectivity index (χ1n) is 9.33. The highest BCUT2D eigenvalue weighted by molar-refractivity contribution is 7.10. The Balaban J connectivity index is 1.17. The molecule has 4 heterocycles. The van der Waals surface area contributed by atoms with Crippen LogP contribution in [0.5, 0.6) is 0 Å². The van der Waals surface area contributed by atoms with E-state index in [0.29, 0.717) is 43.6 Å². The monoisotopic (exact) mass is 397 g/mol. The lowest BCUT2D eigenvalue weighted by atomic mass is 10.2. The maximum absolute atomic E-state index is 12.7. The lowest BCUT2D eigenvalue weighted by molar-refractivity contribution is -0.134. The van der Waals surface area contributed by atoms with Crippen LogP contribution in [0.3, 0.4) is 0 Å². The summed E-state index contributed by atoms with van der Waals surface area (Å²) in [4.78, 5) is 30.3. The van der Waals surface area contributed by atoms with Gasteiger partial charge in [-0.05, 0) is 30.0 Å². The van der Waals surface area contributed by atoms with E-state index in [1.807, 2.05) is 11.0 Å². The van der Waals surface area contributed by atoms with Crippen molar-refractivity contribution in [3.05, 3.63) is 52.5 Å². The molecular weight excluding hydrogens is 378 g/mol. The SMILES string of the molecule is O=C(c1cc(-c2ccco2)on1)N1CCN(C(=O)[C@H]2C[C@@H]2c2cccs2)CC1. The van der Waals surface area contributed by atoms with E-state index in [2.05, 4.69) is 16.6 Å². The second-order valence-corrected chi connectivity index (χ2v) is 8.11. The molecule has 3 aromatic heterocycles. The van der Waals surface area contributed by atoms with Gasteiger partial charge in [-0.3, -0.25) is 9.59 Å². The van der Waals surface area contributed by atoms with Crippen molar-refractivity contribution in [2.24, 2.45) is 5.92 Å². The molecule has 0 N–H and O–H groups in total. The van der Waals surface area contributed by atoms with E-state index in [1.54, 1.807) is 40.7 Å². The number of hydrogen-bond acceptors (Lipinski definition) is 6. The average Bonchev–Trinajstić information content (AvgIpc) is 3.21. The summed E-state index contributed by atoms with van der Waals surface area (Å²) in [5, 5.41) is 5.93. The molecule has 2 fully saturated rings. The highest BCUT2D eigenvalue weighted by atomic mass is 32.1. The highest BCUT2D eigenvalue weighted by Crippen LogP contribution is 2.50. The number of furan rings is 1. The Morgan fingerprint density at radius 2 is 1.89 bits per heavy atom. The average molecular weight is 397 g/mol. The lowest BCUT2D eigenvalue weighted by Crippen LogP contribution is -2.51. The molecule has 7 nitrogen and oxygen atoms in total. The van der Waals surface area contributed by atoms with Gasteiger partial charge >= 0.3 is 0 Å². The third kappa shape index (κ3) is 3.13. The molecule has 2 atom stereocenters. The fourth-order valence-corrected chi connectivity index (χ4v) is 4.63. The number of hydrogen-bond donors (Lipinski definition) is 0. The number of amides is 2. The Labute approximate surface area is 165 Å². The maximum Gasteiger partial charge on any atom is 0.276 e. The first kappa shape index (κ1) is 17.2. The molecule has 1 aliphatic carbocycles. The van der Waals surface area contributed by atoms with E-state index in [9.17, 15) is 9.59 Å². The molecule has 1 saturated carbocycles. The third-order valence-electron chi connectivity index (χ3n) is 5.39. The van der Waals surface area contributed by atoms with Crippen LogP contribution in [0.2, 0.25) is 0 Å². The fraction of sp³-hybridized carbons (Fsp3) is 0.350. The molecule has 2 aliphatic rings. The smallest absolute Gasteiger partial charge is 0.276 e. The van der Waals surface area contributed by atoms with Crippen LogP contribution in [0.25, 0.3) is 11.5 Å². The van der Waals surface area contributed by atoms with Crippen molar-refractivity contribution in [1.82, 2.24) is 15.0 Å². The summed E-state index contributed by atoms with van der Waals surface area (Å²) >= 11 is 1.72. The first-order valence-corrected chi connectivity index (χ1v) is 10.2. The minimum absolute atomic E-state index is 0.104. The Bertz CT molecular complexity index is 971. The Morgan fingerprint density at radius 1 is 1.07 bits per heavy atom. The van der Waals surface area contributed by atoms with Gasteiger partial charge in [-0.2, -0.15) is 0 Å². The lowest BCUT2D eigenvalue weighted by Gasteiger charge is -2.34. The largest absolute Gasteiger partial charge is 0.461 e. The molecule has 5 rings (SSSR count). The van der Waals surface area contributed by atoms with Crippen LogP contribution in [0, 0.1) is 5.92 Å².